The molecule has 0 saturated carbocycles. The molecule has 1 aliphatic rings. The molecule has 2 N–H and O–H groups in total. The number of fused-ring (bicyclic) bond motifs is 1. The largest absolute Gasteiger partial charge is 0.494 e. The number of esters is 1. The Bertz CT molecular complexity index is 1470. The monoisotopic (exact) mass is 598 g/mol. The Hall–Kier alpha value is -4.64. The number of carbonyl (C=O) groups is 1. The molecule has 0 bridgehead atoms. The Morgan fingerprint density at radius 3 is 2.25 bits per heavy atom. The molecule has 4 rings (SSSR count). The zero-order valence-electron chi connectivity index (χ0n) is 25.9. The van der Waals surface area contributed by atoms with Gasteiger partial charge in [-0.3, -0.25) is 0 Å². The summed E-state index contributed by atoms with van der Waals surface area (Å²) in [6.07, 6.45) is 8.96. The van der Waals surface area contributed by atoms with Crippen LogP contribution in [0.5, 0.6) is 28.7 Å². The van der Waals surface area contributed by atoms with Gasteiger partial charge in [-0.1, -0.05) is 64.5 Å². The summed E-state index contributed by atoms with van der Waals surface area (Å²) in [6.45, 7) is 5.59. The van der Waals surface area contributed by atoms with Crippen molar-refractivity contribution in [3.63, 3.8) is 0 Å². The molecule has 0 aromatic heterocycles. The highest BCUT2D eigenvalue weighted by Crippen LogP contribution is 2.45. The SMILES string of the molecule is CCCCCCCOc1ccc(C2C(C#N)=C(N)Oc3cc(OC(=O)c4ccc(OCCCCC)cc4)ccc32)cc1OC. The van der Waals surface area contributed by atoms with Gasteiger partial charge in [0, 0.05) is 11.6 Å². The van der Waals surface area contributed by atoms with Crippen molar-refractivity contribution in [1.82, 2.24) is 0 Å². The molecule has 0 saturated heterocycles. The van der Waals surface area contributed by atoms with E-state index in [1.54, 1.807) is 49.6 Å². The number of methoxy groups -OCH3 is 1. The zero-order chi connectivity index (χ0) is 31.3. The van der Waals surface area contributed by atoms with Gasteiger partial charge in [0.1, 0.15) is 28.9 Å². The van der Waals surface area contributed by atoms with Crippen LogP contribution in [0.4, 0.5) is 0 Å². The second-order valence-corrected chi connectivity index (χ2v) is 10.8. The van der Waals surface area contributed by atoms with Crippen molar-refractivity contribution in [1.29, 1.82) is 5.26 Å². The van der Waals surface area contributed by atoms with Gasteiger partial charge < -0.3 is 29.4 Å². The van der Waals surface area contributed by atoms with E-state index >= 15 is 0 Å². The standard InChI is InChI=1S/C36H42N2O6/c1-4-6-8-9-11-21-42-31-19-14-26(22-33(31)40-3)34-29-18-17-28(23-32(29)44-35(38)30(34)24-37)43-36(39)25-12-15-27(16-13-25)41-20-10-7-5-2/h12-19,22-23,34H,4-11,20-21,38H2,1-3H3. The number of benzene rings is 3. The lowest BCUT2D eigenvalue weighted by Gasteiger charge is -2.27. The number of nitriles is 1. The van der Waals surface area contributed by atoms with Crippen LogP contribution >= 0.6 is 0 Å². The number of nitrogens with two attached hydrogens (primary N) is 1. The Morgan fingerprint density at radius 2 is 1.52 bits per heavy atom. The fourth-order valence-corrected chi connectivity index (χ4v) is 5.11. The molecule has 1 atom stereocenters. The van der Waals surface area contributed by atoms with E-state index in [-0.39, 0.29) is 11.5 Å². The Kier molecular flexibility index (Phi) is 11.9. The lowest BCUT2D eigenvalue weighted by Crippen LogP contribution is -2.21. The van der Waals surface area contributed by atoms with Crippen LogP contribution < -0.4 is 29.4 Å². The van der Waals surface area contributed by atoms with Crippen molar-refractivity contribution in [2.45, 2.75) is 71.1 Å². The van der Waals surface area contributed by atoms with Gasteiger partial charge >= 0.3 is 5.97 Å². The third-order valence-electron chi connectivity index (χ3n) is 7.53. The van der Waals surface area contributed by atoms with Crippen LogP contribution in [0.3, 0.4) is 0 Å². The molecule has 8 heteroatoms. The van der Waals surface area contributed by atoms with Crippen LogP contribution in [0.2, 0.25) is 0 Å². The first kappa shape index (κ1) is 32.3. The molecule has 3 aromatic carbocycles. The smallest absolute Gasteiger partial charge is 0.343 e. The van der Waals surface area contributed by atoms with Crippen molar-refractivity contribution >= 4 is 5.97 Å². The number of nitrogens with zero attached hydrogens (tertiary/aromatic N) is 1. The van der Waals surface area contributed by atoms with E-state index in [1.807, 2.05) is 18.2 Å². The van der Waals surface area contributed by atoms with Crippen molar-refractivity contribution in [3.8, 4) is 34.8 Å². The highest BCUT2D eigenvalue weighted by Gasteiger charge is 2.32. The third kappa shape index (κ3) is 8.25. The Morgan fingerprint density at radius 1 is 0.841 bits per heavy atom. The van der Waals surface area contributed by atoms with Gasteiger partial charge in [-0.2, -0.15) is 5.26 Å². The van der Waals surface area contributed by atoms with Gasteiger partial charge in [0.2, 0.25) is 5.88 Å². The molecule has 0 fully saturated rings. The summed E-state index contributed by atoms with van der Waals surface area (Å²) >= 11 is 0. The van der Waals surface area contributed by atoms with Gasteiger partial charge in [0.05, 0.1) is 31.8 Å². The summed E-state index contributed by atoms with van der Waals surface area (Å²) in [5.41, 5.74) is 8.40. The van der Waals surface area contributed by atoms with E-state index in [1.165, 1.54) is 19.3 Å². The molecule has 3 aromatic rings. The van der Waals surface area contributed by atoms with E-state index in [0.29, 0.717) is 53.1 Å². The van der Waals surface area contributed by atoms with E-state index in [4.69, 9.17) is 29.4 Å². The fraction of sp³-hybridized carbons (Fsp3) is 0.389. The van der Waals surface area contributed by atoms with Crippen LogP contribution in [-0.4, -0.2) is 26.3 Å². The molecule has 0 radical (unpaired) electrons. The highest BCUT2D eigenvalue weighted by atomic mass is 16.5. The first-order valence-electron chi connectivity index (χ1n) is 15.5. The minimum atomic E-state index is -0.512. The number of ether oxygens (including phenoxy) is 5. The zero-order valence-corrected chi connectivity index (χ0v) is 25.9. The Balaban J connectivity index is 1.49. The van der Waals surface area contributed by atoms with Gasteiger partial charge in [0.25, 0.3) is 0 Å². The average molecular weight is 599 g/mol. The molecule has 44 heavy (non-hydrogen) atoms. The number of hydrogen-bond donors (Lipinski definition) is 1. The fourth-order valence-electron chi connectivity index (χ4n) is 5.11. The number of allylic oxidation sites excluding steroid dienone is 1. The van der Waals surface area contributed by atoms with Crippen molar-refractivity contribution in [3.05, 3.63) is 88.8 Å². The van der Waals surface area contributed by atoms with Crippen LogP contribution in [0.1, 0.15) is 92.6 Å². The van der Waals surface area contributed by atoms with Crippen molar-refractivity contribution in [2.75, 3.05) is 20.3 Å². The van der Waals surface area contributed by atoms with Gasteiger partial charge in [-0.15, -0.1) is 0 Å². The number of rotatable bonds is 16. The van der Waals surface area contributed by atoms with Crippen molar-refractivity contribution < 1.29 is 28.5 Å². The molecule has 0 aliphatic carbocycles. The Labute approximate surface area is 260 Å². The molecule has 1 aliphatic heterocycles. The summed E-state index contributed by atoms with van der Waals surface area (Å²) < 4.78 is 28.9. The molecule has 1 unspecified atom stereocenters. The minimum absolute atomic E-state index is 0.00521. The second-order valence-electron chi connectivity index (χ2n) is 10.8. The highest BCUT2D eigenvalue weighted by molar-refractivity contribution is 5.91. The summed E-state index contributed by atoms with van der Waals surface area (Å²) in [6, 6.07) is 19.8. The maximum absolute atomic E-state index is 12.9. The minimum Gasteiger partial charge on any atom is -0.494 e. The van der Waals surface area contributed by atoms with E-state index < -0.39 is 11.9 Å². The van der Waals surface area contributed by atoms with E-state index in [0.717, 1.165) is 37.7 Å². The summed E-state index contributed by atoms with van der Waals surface area (Å²) in [4.78, 5) is 12.9. The molecular formula is C36H42N2O6. The first-order valence-corrected chi connectivity index (χ1v) is 15.5. The predicted molar refractivity (Wildman–Crippen MR) is 169 cm³/mol. The molecule has 0 spiro atoms. The maximum atomic E-state index is 12.9. The first-order chi connectivity index (χ1) is 21.5. The molecule has 232 valence electrons. The summed E-state index contributed by atoms with van der Waals surface area (Å²) in [5.74, 6) is 1.60. The maximum Gasteiger partial charge on any atom is 0.343 e. The number of carbonyl (C=O) groups excluding carboxylic acids is 1. The summed E-state index contributed by atoms with van der Waals surface area (Å²) in [5, 5.41) is 9.99. The normalized spacial score (nSPS) is 13.8. The van der Waals surface area contributed by atoms with Crippen LogP contribution in [0.25, 0.3) is 0 Å². The van der Waals surface area contributed by atoms with Gasteiger partial charge in [-0.05, 0) is 60.9 Å². The lowest BCUT2D eigenvalue weighted by atomic mass is 9.83. The topological polar surface area (TPSA) is 113 Å². The van der Waals surface area contributed by atoms with Gasteiger partial charge in [0.15, 0.2) is 11.5 Å². The van der Waals surface area contributed by atoms with Crippen LogP contribution in [0, 0.1) is 11.3 Å². The van der Waals surface area contributed by atoms with E-state index in [9.17, 15) is 10.1 Å². The summed E-state index contributed by atoms with van der Waals surface area (Å²) in [7, 11) is 1.59. The van der Waals surface area contributed by atoms with E-state index in [2.05, 4.69) is 19.9 Å². The predicted octanol–water partition coefficient (Wildman–Crippen LogP) is 8.05. The molecule has 1 heterocycles. The quantitative estimate of drug-likeness (QED) is 0.100. The average Bonchev–Trinajstić information content (AvgIpc) is 3.04. The molecule has 0 amide bonds. The van der Waals surface area contributed by atoms with Crippen LogP contribution in [0.15, 0.2) is 72.1 Å². The number of hydrogen-bond acceptors (Lipinski definition) is 8. The third-order valence-corrected chi connectivity index (χ3v) is 7.53. The van der Waals surface area contributed by atoms with Crippen LogP contribution in [-0.2, 0) is 0 Å². The molecule has 8 nitrogen and oxygen atoms in total. The van der Waals surface area contributed by atoms with Gasteiger partial charge in [-0.25, -0.2) is 4.79 Å². The van der Waals surface area contributed by atoms with Crippen molar-refractivity contribution in [2.24, 2.45) is 5.73 Å². The number of unbranched alkanes of at least 4 members (excludes halogenated alkanes) is 6. The lowest BCUT2D eigenvalue weighted by molar-refractivity contribution is 0.0734. The molecular weight excluding hydrogens is 556 g/mol. The second kappa shape index (κ2) is 16.3.